The van der Waals surface area contributed by atoms with Crippen LogP contribution in [0.3, 0.4) is 0 Å². The van der Waals surface area contributed by atoms with E-state index in [9.17, 15) is 9.59 Å². The van der Waals surface area contributed by atoms with Crippen molar-refractivity contribution < 1.29 is 31.4 Å². The van der Waals surface area contributed by atoms with Crippen molar-refractivity contribution in [3.8, 4) is 11.5 Å². The molecular weight excluding hydrogens is 616 g/mol. The zero-order valence-electron chi connectivity index (χ0n) is 25.4. The molecule has 2 unspecified atom stereocenters. The van der Waals surface area contributed by atoms with E-state index < -0.39 is 38.1 Å². The van der Waals surface area contributed by atoms with E-state index in [4.69, 9.17) is 15.2 Å². The number of carbonyl (C=O) groups excluding carboxylic acids is 2. The van der Waals surface area contributed by atoms with Crippen molar-refractivity contribution in [1.29, 1.82) is 0 Å². The fraction of sp³-hybridized carbons (Fsp3) is 0.194. The second-order valence-corrected chi connectivity index (χ2v) is 13.9. The van der Waals surface area contributed by atoms with Crippen LogP contribution < -0.4 is 15.2 Å². The zero-order chi connectivity index (χ0) is 32.6. The van der Waals surface area contributed by atoms with Gasteiger partial charge < -0.3 is 20.1 Å². The fourth-order valence-corrected chi connectivity index (χ4v) is 8.93. The van der Waals surface area contributed by atoms with Crippen LogP contribution in [0.15, 0.2) is 126 Å². The normalized spacial score (nSPS) is 19.6. The van der Waals surface area contributed by atoms with Gasteiger partial charge in [0.25, 0.3) is 12.2 Å². The minimum Gasteiger partial charge on any atom is -0.445 e. The number of aromatic nitrogens is 1. The molecule has 0 spiro atoms. The first kappa shape index (κ1) is 30.4. The molecule has 11 heteroatoms. The van der Waals surface area contributed by atoms with E-state index in [2.05, 4.69) is 4.98 Å². The molecule has 2 aliphatic heterocycles. The number of para-hydroxylation sites is 3. The Hall–Kier alpha value is -5.26. The fourth-order valence-electron chi connectivity index (χ4n) is 6.73. The van der Waals surface area contributed by atoms with E-state index in [0.29, 0.717) is 16.9 Å². The van der Waals surface area contributed by atoms with Crippen molar-refractivity contribution >= 4 is 32.7 Å². The summed E-state index contributed by atoms with van der Waals surface area (Å²) in [6.07, 6.45) is 0.497. The maximum Gasteiger partial charge on any atom is 0.330 e. The number of hydrogen-bond donors (Lipinski definition) is 1. The molecule has 3 heterocycles. The van der Waals surface area contributed by atoms with Gasteiger partial charge in [-0.15, -0.1) is 0 Å². The average Bonchev–Trinajstić information content (AvgIpc) is 3.51. The molecule has 238 valence electrons. The smallest absolute Gasteiger partial charge is 0.330 e. The van der Waals surface area contributed by atoms with Crippen molar-refractivity contribution in [2.75, 3.05) is 26.2 Å². The predicted octanol–water partition coefficient (Wildman–Crippen LogP) is 4.07. The summed E-state index contributed by atoms with van der Waals surface area (Å²) in [5, 5.41) is 0.630. The summed E-state index contributed by atoms with van der Waals surface area (Å²) in [7, 11) is -4.42. The summed E-state index contributed by atoms with van der Waals surface area (Å²) in [5.41, 5.74) is 7.94. The Morgan fingerprint density at radius 2 is 1.43 bits per heavy atom. The Morgan fingerprint density at radius 3 is 2.04 bits per heavy atom. The van der Waals surface area contributed by atoms with Gasteiger partial charge in [0.05, 0.1) is 24.5 Å². The van der Waals surface area contributed by atoms with E-state index >= 15 is 8.42 Å². The molecule has 10 nitrogen and oxygen atoms in total. The Morgan fingerprint density at radius 1 is 0.830 bits per heavy atom. The number of amides is 2. The van der Waals surface area contributed by atoms with E-state index in [1.807, 2.05) is 60.7 Å². The molecule has 2 atom stereocenters. The number of fused-ring (bicyclic) bond motifs is 2. The third-order valence-electron chi connectivity index (χ3n) is 9.04. The van der Waals surface area contributed by atoms with Crippen molar-refractivity contribution in [1.82, 2.24) is 9.88 Å². The minimum absolute atomic E-state index is 0.0376. The number of hydrogen-bond acceptors (Lipinski definition) is 7. The molecule has 0 saturated carbocycles. The number of benzene rings is 4. The van der Waals surface area contributed by atoms with Gasteiger partial charge in [0, 0.05) is 11.6 Å². The minimum atomic E-state index is -4.42. The monoisotopic (exact) mass is 649 g/mol. The highest BCUT2D eigenvalue weighted by Crippen LogP contribution is 2.40. The van der Waals surface area contributed by atoms with Crippen molar-refractivity contribution in [2.24, 2.45) is 5.73 Å². The van der Waals surface area contributed by atoms with Crippen molar-refractivity contribution in [3.63, 3.8) is 0 Å². The van der Waals surface area contributed by atoms with E-state index in [0.717, 1.165) is 11.1 Å². The van der Waals surface area contributed by atoms with E-state index in [1.54, 1.807) is 53.4 Å². The molecule has 5 aromatic rings. The number of ether oxygens (including phenoxy) is 2. The lowest BCUT2D eigenvalue weighted by Crippen LogP contribution is -2.73. The van der Waals surface area contributed by atoms with Crippen molar-refractivity contribution in [2.45, 2.75) is 23.1 Å². The highest BCUT2D eigenvalue weighted by molar-refractivity contribution is 7.86. The maximum atomic E-state index is 15.1. The number of pyridine rings is 1. The molecule has 2 amide bonds. The molecule has 7 rings (SSSR count). The molecule has 2 N–H and O–H groups in total. The van der Waals surface area contributed by atoms with Crippen LogP contribution in [0.4, 0.5) is 0 Å². The Balaban J connectivity index is 1.31. The number of quaternary nitrogens is 1. The molecule has 0 radical (unpaired) electrons. The highest BCUT2D eigenvalue weighted by Gasteiger charge is 2.58. The summed E-state index contributed by atoms with van der Waals surface area (Å²) in [5.74, 6) is -0.834. The van der Waals surface area contributed by atoms with Gasteiger partial charge in [0.1, 0.15) is 11.4 Å². The zero-order valence-corrected chi connectivity index (χ0v) is 26.2. The third kappa shape index (κ3) is 5.37. The van der Waals surface area contributed by atoms with Crippen LogP contribution in [0.1, 0.15) is 17.0 Å². The van der Waals surface area contributed by atoms with Crippen LogP contribution in [-0.2, 0) is 19.6 Å². The number of piperazine rings is 1. The molecule has 2 aliphatic rings. The van der Waals surface area contributed by atoms with Gasteiger partial charge in [-0.1, -0.05) is 91.0 Å². The highest BCUT2D eigenvalue weighted by atomic mass is 32.2. The molecule has 47 heavy (non-hydrogen) atoms. The molecule has 0 aliphatic carbocycles. The number of primary amides is 1. The lowest BCUT2D eigenvalue weighted by Gasteiger charge is -2.48. The third-order valence-corrected chi connectivity index (χ3v) is 11.5. The van der Waals surface area contributed by atoms with Crippen LogP contribution in [0.2, 0.25) is 0 Å². The van der Waals surface area contributed by atoms with Gasteiger partial charge in [-0.3, -0.25) is 14.6 Å². The topological polar surface area (TPSA) is 129 Å². The van der Waals surface area contributed by atoms with Gasteiger partial charge in [0.15, 0.2) is 18.0 Å². The molecule has 4 aromatic carbocycles. The molecular formula is C36H33N4O6S+. The SMILES string of the molecule is NC(=O)C1CN(C(=O)C(c2ccccc2)c2ccccc2)CC[N+]1(CC1Oc2ccccc2O1)S(=O)(=O)c1cccc2cccnc12. The first-order valence-electron chi connectivity index (χ1n) is 15.3. The van der Waals surface area contributed by atoms with Gasteiger partial charge in [-0.05, 0) is 35.4 Å². The summed E-state index contributed by atoms with van der Waals surface area (Å²) >= 11 is 0. The lowest BCUT2D eigenvalue weighted by molar-refractivity contribution is -0.833. The summed E-state index contributed by atoms with van der Waals surface area (Å²) in [6.45, 7) is -0.575. The molecule has 1 fully saturated rings. The number of rotatable bonds is 8. The van der Waals surface area contributed by atoms with Crippen LogP contribution in [0.25, 0.3) is 10.9 Å². The van der Waals surface area contributed by atoms with E-state index in [1.165, 1.54) is 12.3 Å². The number of nitrogens with two attached hydrogens (primary N) is 1. The van der Waals surface area contributed by atoms with Crippen molar-refractivity contribution in [3.05, 3.63) is 133 Å². The summed E-state index contributed by atoms with van der Waals surface area (Å²) in [6, 6.07) is 32.9. The predicted molar refractivity (Wildman–Crippen MR) is 175 cm³/mol. The molecule has 1 aromatic heterocycles. The van der Waals surface area contributed by atoms with Crippen LogP contribution in [-0.4, -0.2) is 72.5 Å². The number of nitrogens with zero attached hydrogens (tertiary/aromatic N) is 3. The van der Waals surface area contributed by atoms with Gasteiger partial charge >= 0.3 is 10.0 Å². The van der Waals surface area contributed by atoms with Gasteiger partial charge in [0.2, 0.25) is 11.9 Å². The second kappa shape index (κ2) is 12.2. The quantitative estimate of drug-likeness (QED) is 0.251. The number of carbonyl (C=O) groups is 2. The number of sulfonamides is 1. The lowest BCUT2D eigenvalue weighted by atomic mass is 9.89. The van der Waals surface area contributed by atoms with Crippen LogP contribution >= 0.6 is 0 Å². The maximum absolute atomic E-state index is 15.1. The van der Waals surface area contributed by atoms with Crippen LogP contribution in [0, 0.1) is 0 Å². The molecule has 1 saturated heterocycles. The second-order valence-electron chi connectivity index (χ2n) is 11.7. The Bertz CT molecular complexity index is 1990. The largest absolute Gasteiger partial charge is 0.445 e. The van der Waals surface area contributed by atoms with Gasteiger partial charge in [-0.25, -0.2) is 0 Å². The van der Waals surface area contributed by atoms with E-state index in [-0.39, 0.29) is 42.5 Å². The first-order chi connectivity index (χ1) is 22.8. The summed E-state index contributed by atoms with van der Waals surface area (Å²) in [4.78, 5) is 33.8. The summed E-state index contributed by atoms with van der Waals surface area (Å²) < 4.78 is 41.4. The Kier molecular flexibility index (Phi) is 7.86. The first-order valence-corrected chi connectivity index (χ1v) is 16.8. The molecule has 0 bridgehead atoms. The van der Waals surface area contributed by atoms with Gasteiger partial charge in [-0.2, -0.15) is 12.3 Å². The average molecular weight is 650 g/mol. The standard InChI is InChI=1S/C36H32N4O6S/c37-35(41)28-23-39(36(42)33(25-11-3-1-4-12-25)26-13-5-2-6-14-26)21-22-40(28,24-32-45-29-17-7-8-18-30(29)46-32)47(43,44)31-19-9-15-27-16-10-20-38-34(27)31/h1-20,28,32-33H,21-24H2,(H-,37,41)/p+1. The van der Waals surface area contributed by atoms with Crippen LogP contribution in [0.5, 0.6) is 11.5 Å². The Labute approximate surface area is 272 Å².